The first-order valence-electron chi connectivity index (χ1n) is 9.42. The fourth-order valence-electron chi connectivity index (χ4n) is 3.15. The topological polar surface area (TPSA) is 101 Å². The number of para-hydroxylation sites is 3. The number of hydrogen-bond acceptors (Lipinski definition) is 6. The van der Waals surface area contributed by atoms with Crippen LogP contribution >= 0.6 is 0 Å². The molecule has 0 unspecified atom stereocenters. The van der Waals surface area contributed by atoms with Gasteiger partial charge in [-0.15, -0.1) is 0 Å². The van der Waals surface area contributed by atoms with Gasteiger partial charge in [-0.3, -0.25) is 23.5 Å². The van der Waals surface area contributed by atoms with Gasteiger partial charge in [0.25, 0.3) is 0 Å². The van der Waals surface area contributed by atoms with Gasteiger partial charge in [0, 0.05) is 24.5 Å². The molecular formula is C22H23N3O6. The predicted octanol–water partition coefficient (Wildman–Crippen LogP) is 1.34. The van der Waals surface area contributed by atoms with Gasteiger partial charge >= 0.3 is 11.1 Å². The standard InChI is InChI=1S/C22H23N3O6/c1-29-17-9-5-4-8-16(17)25-12-11-24(21(27)22(25)28)14-19(26)23-13-15-7-6-10-18(30-2)20(15)31-3/h4-12H,13-14H2,1-3H3,(H,23,26). The summed E-state index contributed by atoms with van der Waals surface area (Å²) in [5.41, 5.74) is -0.445. The van der Waals surface area contributed by atoms with Crippen LogP contribution in [0.2, 0.25) is 0 Å². The molecule has 162 valence electrons. The van der Waals surface area contributed by atoms with Gasteiger partial charge in [0.15, 0.2) is 11.5 Å². The van der Waals surface area contributed by atoms with Gasteiger partial charge < -0.3 is 19.5 Å². The van der Waals surface area contributed by atoms with Crippen LogP contribution in [0.3, 0.4) is 0 Å². The number of carbonyl (C=O) groups is 1. The number of hydrogen-bond donors (Lipinski definition) is 1. The first-order chi connectivity index (χ1) is 15.0. The van der Waals surface area contributed by atoms with Crippen molar-refractivity contribution in [1.29, 1.82) is 0 Å². The monoisotopic (exact) mass is 425 g/mol. The van der Waals surface area contributed by atoms with Crippen LogP contribution in [0, 0.1) is 0 Å². The summed E-state index contributed by atoms with van der Waals surface area (Å²) in [4.78, 5) is 37.5. The van der Waals surface area contributed by atoms with E-state index in [0.29, 0.717) is 28.5 Å². The Hall–Kier alpha value is -4.01. The molecule has 0 aliphatic rings. The molecule has 0 saturated heterocycles. The van der Waals surface area contributed by atoms with E-state index in [0.717, 1.165) is 4.57 Å². The first kappa shape index (κ1) is 21.7. The van der Waals surface area contributed by atoms with Crippen LogP contribution in [-0.4, -0.2) is 36.4 Å². The van der Waals surface area contributed by atoms with Crippen LogP contribution in [0.15, 0.2) is 64.4 Å². The van der Waals surface area contributed by atoms with Crippen molar-refractivity contribution in [3.63, 3.8) is 0 Å². The second-order valence-corrected chi connectivity index (χ2v) is 6.51. The fourth-order valence-corrected chi connectivity index (χ4v) is 3.15. The third kappa shape index (κ3) is 4.61. The summed E-state index contributed by atoms with van der Waals surface area (Å²) in [6.07, 6.45) is 2.82. The molecule has 3 aromatic rings. The van der Waals surface area contributed by atoms with Gasteiger partial charge in [0.1, 0.15) is 12.3 Å². The van der Waals surface area contributed by atoms with E-state index in [1.165, 1.54) is 38.3 Å². The quantitative estimate of drug-likeness (QED) is 0.547. The molecule has 31 heavy (non-hydrogen) atoms. The summed E-state index contributed by atoms with van der Waals surface area (Å²) < 4.78 is 18.1. The summed E-state index contributed by atoms with van der Waals surface area (Å²) in [7, 11) is 4.52. The van der Waals surface area contributed by atoms with Crippen molar-refractivity contribution in [3.8, 4) is 22.9 Å². The third-order valence-electron chi connectivity index (χ3n) is 4.68. The van der Waals surface area contributed by atoms with E-state index in [1.807, 2.05) is 0 Å². The lowest BCUT2D eigenvalue weighted by molar-refractivity contribution is -0.121. The van der Waals surface area contributed by atoms with Crippen LogP contribution in [0.25, 0.3) is 5.69 Å². The fraction of sp³-hybridized carbons (Fsp3) is 0.227. The van der Waals surface area contributed by atoms with Crippen LogP contribution in [0.4, 0.5) is 0 Å². The zero-order chi connectivity index (χ0) is 22.4. The Kier molecular flexibility index (Phi) is 6.76. The Morgan fingerprint density at radius 2 is 1.58 bits per heavy atom. The van der Waals surface area contributed by atoms with Crippen LogP contribution in [0.1, 0.15) is 5.56 Å². The normalized spacial score (nSPS) is 10.4. The van der Waals surface area contributed by atoms with E-state index in [-0.39, 0.29) is 13.1 Å². The molecule has 0 saturated carbocycles. The molecule has 0 fully saturated rings. The smallest absolute Gasteiger partial charge is 0.321 e. The molecule has 3 rings (SSSR count). The highest BCUT2D eigenvalue weighted by Crippen LogP contribution is 2.30. The molecule has 1 N–H and O–H groups in total. The predicted molar refractivity (Wildman–Crippen MR) is 114 cm³/mol. The summed E-state index contributed by atoms with van der Waals surface area (Å²) in [5.74, 6) is 1.08. The van der Waals surface area contributed by atoms with Crippen molar-refractivity contribution in [3.05, 3.63) is 81.1 Å². The number of benzene rings is 2. The largest absolute Gasteiger partial charge is 0.495 e. The van der Waals surface area contributed by atoms with Gasteiger partial charge in [-0.25, -0.2) is 0 Å². The SMILES string of the molecule is COc1ccccc1-n1ccn(CC(=O)NCc2cccc(OC)c2OC)c(=O)c1=O. The Labute approximate surface area is 178 Å². The molecule has 0 aliphatic heterocycles. The van der Waals surface area contributed by atoms with Gasteiger partial charge in [-0.1, -0.05) is 24.3 Å². The zero-order valence-electron chi connectivity index (χ0n) is 17.5. The average molecular weight is 425 g/mol. The number of ether oxygens (including phenoxy) is 3. The molecule has 9 heteroatoms. The summed E-state index contributed by atoms with van der Waals surface area (Å²) in [6, 6.07) is 12.2. The number of methoxy groups -OCH3 is 3. The highest BCUT2D eigenvalue weighted by atomic mass is 16.5. The average Bonchev–Trinajstić information content (AvgIpc) is 2.80. The Bertz CT molecular complexity index is 1200. The van der Waals surface area contributed by atoms with Crippen molar-refractivity contribution in [2.45, 2.75) is 13.1 Å². The number of aromatic nitrogens is 2. The molecule has 0 radical (unpaired) electrons. The molecule has 2 aromatic carbocycles. The molecule has 9 nitrogen and oxygen atoms in total. The minimum absolute atomic E-state index is 0.173. The first-order valence-corrected chi connectivity index (χ1v) is 9.42. The van der Waals surface area contributed by atoms with E-state index in [9.17, 15) is 14.4 Å². The maximum absolute atomic E-state index is 12.6. The second-order valence-electron chi connectivity index (χ2n) is 6.51. The van der Waals surface area contributed by atoms with Crippen molar-refractivity contribution in [1.82, 2.24) is 14.5 Å². The summed E-state index contributed by atoms with van der Waals surface area (Å²) in [6.45, 7) is -0.126. The van der Waals surface area contributed by atoms with E-state index in [1.54, 1.807) is 42.5 Å². The molecule has 1 amide bonds. The Morgan fingerprint density at radius 3 is 2.29 bits per heavy atom. The van der Waals surface area contributed by atoms with E-state index in [2.05, 4.69) is 5.32 Å². The van der Waals surface area contributed by atoms with Crippen LogP contribution in [0.5, 0.6) is 17.2 Å². The zero-order valence-corrected chi connectivity index (χ0v) is 17.5. The van der Waals surface area contributed by atoms with Crippen LogP contribution < -0.4 is 30.6 Å². The Morgan fingerprint density at radius 1 is 0.871 bits per heavy atom. The van der Waals surface area contributed by atoms with Gasteiger partial charge in [0.2, 0.25) is 5.91 Å². The number of carbonyl (C=O) groups excluding carboxylic acids is 1. The maximum atomic E-state index is 12.6. The summed E-state index contributed by atoms with van der Waals surface area (Å²) in [5, 5.41) is 2.72. The highest BCUT2D eigenvalue weighted by Gasteiger charge is 2.14. The Balaban J connectivity index is 1.77. The molecule has 1 aromatic heterocycles. The maximum Gasteiger partial charge on any atom is 0.321 e. The van der Waals surface area contributed by atoms with Crippen molar-refractivity contribution >= 4 is 5.91 Å². The third-order valence-corrected chi connectivity index (χ3v) is 4.68. The number of nitrogens with zero attached hydrogens (tertiary/aromatic N) is 2. The molecule has 0 aliphatic carbocycles. The van der Waals surface area contributed by atoms with E-state index < -0.39 is 17.0 Å². The highest BCUT2D eigenvalue weighted by molar-refractivity contribution is 5.75. The molecule has 1 heterocycles. The molecule has 0 spiro atoms. The lowest BCUT2D eigenvalue weighted by atomic mass is 10.2. The molecular weight excluding hydrogens is 402 g/mol. The van der Waals surface area contributed by atoms with Crippen molar-refractivity contribution < 1.29 is 19.0 Å². The van der Waals surface area contributed by atoms with Crippen LogP contribution in [-0.2, 0) is 17.9 Å². The van der Waals surface area contributed by atoms with E-state index in [4.69, 9.17) is 14.2 Å². The van der Waals surface area contributed by atoms with Crippen molar-refractivity contribution in [2.24, 2.45) is 0 Å². The number of rotatable bonds is 8. The molecule has 0 atom stereocenters. The number of nitrogens with one attached hydrogen (secondary N) is 1. The minimum Gasteiger partial charge on any atom is -0.495 e. The van der Waals surface area contributed by atoms with E-state index >= 15 is 0 Å². The van der Waals surface area contributed by atoms with Gasteiger partial charge in [-0.05, 0) is 18.2 Å². The van der Waals surface area contributed by atoms with Gasteiger partial charge in [-0.2, -0.15) is 0 Å². The second kappa shape index (κ2) is 9.66. The lowest BCUT2D eigenvalue weighted by Gasteiger charge is -2.14. The van der Waals surface area contributed by atoms with Crippen molar-refractivity contribution in [2.75, 3.05) is 21.3 Å². The van der Waals surface area contributed by atoms with Gasteiger partial charge in [0.05, 0.1) is 27.0 Å². The summed E-state index contributed by atoms with van der Waals surface area (Å²) >= 11 is 0. The lowest BCUT2D eigenvalue weighted by Crippen LogP contribution is -2.42. The number of amides is 1. The minimum atomic E-state index is -0.817. The molecule has 0 bridgehead atoms.